The van der Waals surface area contributed by atoms with E-state index in [9.17, 15) is 14.7 Å². The number of nitrogens with one attached hydrogen (secondary N) is 2. The number of nitrogens with zero attached hydrogens (tertiary/aromatic N) is 3. The first-order valence-corrected chi connectivity index (χ1v) is 14.7. The van der Waals surface area contributed by atoms with Crippen molar-refractivity contribution >= 4 is 23.2 Å². The van der Waals surface area contributed by atoms with Crippen LogP contribution in [-0.2, 0) is 21.4 Å². The van der Waals surface area contributed by atoms with Gasteiger partial charge in [0, 0.05) is 44.6 Å². The second kappa shape index (κ2) is 13.7. The van der Waals surface area contributed by atoms with Gasteiger partial charge in [-0.2, -0.15) is 5.10 Å². The van der Waals surface area contributed by atoms with Gasteiger partial charge in [-0.1, -0.05) is 51.1 Å². The van der Waals surface area contributed by atoms with Crippen LogP contribution in [0.5, 0.6) is 5.75 Å². The zero-order chi connectivity index (χ0) is 30.3. The fourth-order valence-electron chi connectivity index (χ4n) is 5.14. The van der Waals surface area contributed by atoms with Gasteiger partial charge in [-0.25, -0.2) is 4.68 Å². The molecule has 0 fully saturated rings. The minimum Gasteiger partial charge on any atom is -0.508 e. The van der Waals surface area contributed by atoms with Crippen LogP contribution >= 0.6 is 0 Å². The van der Waals surface area contributed by atoms with Crippen LogP contribution in [0.15, 0.2) is 60.7 Å². The molecule has 0 saturated carbocycles. The Morgan fingerprint density at radius 3 is 2.45 bits per heavy atom. The number of aromatic hydroxyl groups is 1. The number of phenols is 1. The number of anilines is 1. The summed E-state index contributed by atoms with van der Waals surface area (Å²) in [4.78, 5) is 26.7. The number of phenolic OH excluding ortho intramolecular Hbond substituents is 1. The van der Waals surface area contributed by atoms with Gasteiger partial charge >= 0.3 is 0 Å². The highest BCUT2D eigenvalue weighted by atomic mass is 16.3. The molecule has 1 atom stereocenters. The quantitative estimate of drug-likeness (QED) is 0.239. The van der Waals surface area contributed by atoms with E-state index in [1.807, 2.05) is 4.68 Å². The second-order valence-electron chi connectivity index (χ2n) is 12.2. The normalized spacial score (nSPS) is 14.7. The first kappa shape index (κ1) is 30.8. The Bertz CT molecular complexity index is 1390. The van der Waals surface area contributed by atoms with E-state index in [4.69, 9.17) is 10.8 Å². The number of nitrogens with two attached hydrogens (primary N) is 1. The topological polar surface area (TPSA) is 126 Å². The molecule has 42 heavy (non-hydrogen) atoms. The summed E-state index contributed by atoms with van der Waals surface area (Å²) >= 11 is 0. The predicted molar refractivity (Wildman–Crippen MR) is 168 cm³/mol. The summed E-state index contributed by atoms with van der Waals surface area (Å²) in [5, 5.41) is 21.0. The number of carbonyl (C=O) groups is 2. The molecule has 0 bridgehead atoms. The minimum atomic E-state index is -0.473. The predicted octanol–water partition coefficient (Wildman–Crippen LogP) is 4.39. The summed E-state index contributed by atoms with van der Waals surface area (Å²) in [5.74, 6) is 0.436. The maximum absolute atomic E-state index is 12.8. The maximum atomic E-state index is 12.8. The molecule has 1 aliphatic heterocycles. The van der Waals surface area contributed by atoms with Crippen molar-refractivity contribution < 1.29 is 14.7 Å². The lowest BCUT2D eigenvalue weighted by atomic mass is 9.87. The number of aromatic nitrogens is 2. The van der Waals surface area contributed by atoms with Gasteiger partial charge in [-0.05, 0) is 72.7 Å². The Kier molecular flexibility index (Phi) is 10.1. The summed E-state index contributed by atoms with van der Waals surface area (Å²) in [5.41, 5.74) is 10.8. The molecule has 0 saturated heterocycles. The van der Waals surface area contributed by atoms with Crippen LogP contribution in [0.3, 0.4) is 0 Å². The molecule has 3 aromatic rings. The van der Waals surface area contributed by atoms with Gasteiger partial charge in [0.25, 0.3) is 0 Å². The number of rotatable bonds is 12. The number of amides is 2. The van der Waals surface area contributed by atoms with E-state index in [1.165, 1.54) is 11.1 Å². The molecule has 9 nitrogen and oxygen atoms in total. The third kappa shape index (κ3) is 8.69. The highest BCUT2D eigenvalue weighted by molar-refractivity contribution is 5.79. The molecule has 2 aromatic carbocycles. The molecule has 1 aliphatic rings. The van der Waals surface area contributed by atoms with Crippen LogP contribution in [-0.4, -0.2) is 64.3 Å². The largest absolute Gasteiger partial charge is 0.508 e. The van der Waals surface area contributed by atoms with Gasteiger partial charge < -0.3 is 26.4 Å². The summed E-state index contributed by atoms with van der Waals surface area (Å²) in [6, 6.07) is 16.9. The summed E-state index contributed by atoms with van der Waals surface area (Å²) in [6.07, 6.45) is 4.67. The average molecular weight is 573 g/mol. The number of likely N-dealkylation sites (N-methyl/N-ethyl adjacent to an activating group) is 1. The monoisotopic (exact) mass is 572 g/mol. The number of benzene rings is 2. The van der Waals surface area contributed by atoms with Gasteiger partial charge in [-0.15, -0.1) is 0 Å². The van der Waals surface area contributed by atoms with Gasteiger partial charge in [0.2, 0.25) is 11.8 Å². The highest BCUT2D eigenvalue weighted by Crippen LogP contribution is 2.27. The van der Waals surface area contributed by atoms with Crippen molar-refractivity contribution in [2.24, 2.45) is 5.73 Å². The van der Waals surface area contributed by atoms with Crippen molar-refractivity contribution in [3.8, 4) is 11.4 Å². The lowest BCUT2D eigenvalue weighted by Crippen LogP contribution is -2.39. The van der Waals surface area contributed by atoms with Crippen molar-refractivity contribution in [3.63, 3.8) is 0 Å². The van der Waals surface area contributed by atoms with E-state index in [-0.39, 0.29) is 23.5 Å². The van der Waals surface area contributed by atoms with Crippen LogP contribution in [0.1, 0.15) is 63.3 Å². The van der Waals surface area contributed by atoms with Crippen molar-refractivity contribution in [1.29, 1.82) is 0 Å². The smallest absolute Gasteiger partial charge is 0.220 e. The fraction of sp³-hybridized carbons (Fsp3) is 0.424. The first-order valence-electron chi connectivity index (χ1n) is 14.7. The van der Waals surface area contributed by atoms with Crippen molar-refractivity contribution in [2.45, 2.75) is 64.3 Å². The van der Waals surface area contributed by atoms with E-state index in [0.29, 0.717) is 25.8 Å². The van der Waals surface area contributed by atoms with Crippen molar-refractivity contribution in [3.05, 3.63) is 77.5 Å². The Labute approximate surface area is 248 Å². The second-order valence-corrected chi connectivity index (χ2v) is 12.2. The molecule has 2 heterocycles. The molecule has 0 spiro atoms. The number of carbonyl (C=O) groups excluding carboxylic acids is 2. The van der Waals surface area contributed by atoms with E-state index in [0.717, 1.165) is 42.3 Å². The van der Waals surface area contributed by atoms with Gasteiger partial charge in [0.1, 0.15) is 11.6 Å². The maximum Gasteiger partial charge on any atom is 0.220 e. The Hall–Kier alpha value is -4.11. The molecule has 2 amide bonds. The van der Waals surface area contributed by atoms with Gasteiger partial charge in [0.15, 0.2) is 0 Å². The minimum absolute atomic E-state index is 0.0475. The molecule has 1 unspecified atom stereocenters. The SMILES string of the molecule is CN1CCC=C(c2cc(NCCCC(=O)NC(CC(N)=O)Cc3ccc(O)cc3)n(-c3ccc(C(C)(C)C)cc3)n2)C1. The Morgan fingerprint density at radius 2 is 1.81 bits per heavy atom. The number of hydrogen-bond acceptors (Lipinski definition) is 6. The summed E-state index contributed by atoms with van der Waals surface area (Å²) in [7, 11) is 2.12. The number of hydrogen-bond donors (Lipinski definition) is 4. The van der Waals surface area contributed by atoms with Crippen LogP contribution < -0.4 is 16.4 Å². The van der Waals surface area contributed by atoms with Crippen LogP contribution in [0.25, 0.3) is 11.3 Å². The van der Waals surface area contributed by atoms with Crippen molar-refractivity contribution in [2.75, 3.05) is 32.0 Å². The third-order valence-electron chi connectivity index (χ3n) is 7.48. The molecule has 224 valence electrons. The van der Waals surface area contributed by atoms with Crippen molar-refractivity contribution in [1.82, 2.24) is 20.0 Å². The molecular formula is C33H44N6O3. The van der Waals surface area contributed by atoms with E-state index >= 15 is 0 Å². The standard InChI is InChI=1S/C33H44N6O3/c1-33(2,3)25-11-13-27(14-12-25)39-31(21-29(37-39)24-7-6-18-38(4)22-24)35-17-5-8-32(42)36-26(20-30(34)41)19-23-9-15-28(40)16-10-23/h7,9-16,21,26,35,40H,5-6,8,17-20,22H2,1-4H3,(H2,34,41)(H,36,42). The number of primary amides is 1. The summed E-state index contributed by atoms with van der Waals surface area (Å²) < 4.78 is 1.94. The van der Waals surface area contributed by atoms with Gasteiger partial charge in [-0.3, -0.25) is 9.59 Å². The van der Waals surface area contributed by atoms with Crippen LogP contribution in [0, 0.1) is 0 Å². The molecule has 0 aliphatic carbocycles. The van der Waals surface area contributed by atoms with Gasteiger partial charge in [0.05, 0.1) is 11.4 Å². The average Bonchev–Trinajstić information content (AvgIpc) is 3.36. The highest BCUT2D eigenvalue weighted by Gasteiger charge is 2.19. The fourth-order valence-corrected chi connectivity index (χ4v) is 5.14. The molecule has 1 aromatic heterocycles. The molecule has 4 rings (SSSR count). The zero-order valence-corrected chi connectivity index (χ0v) is 25.2. The van der Waals surface area contributed by atoms with Crippen LogP contribution in [0.2, 0.25) is 0 Å². The molecule has 0 radical (unpaired) electrons. The van der Waals surface area contributed by atoms with E-state index < -0.39 is 11.9 Å². The Balaban J connectivity index is 1.40. The van der Waals surface area contributed by atoms with E-state index in [2.05, 4.69) is 79.8 Å². The Morgan fingerprint density at radius 1 is 1.10 bits per heavy atom. The molecule has 9 heteroatoms. The molecular weight excluding hydrogens is 528 g/mol. The molecule has 5 N–H and O–H groups in total. The van der Waals surface area contributed by atoms with E-state index in [1.54, 1.807) is 24.3 Å². The lowest BCUT2D eigenvalue weighted by molar-refractivity contribution is -0.122. The summed E-state index contributed by atoms with van der Waals surface area (Å²) in [6.45, 7) is 9.08. The zero-order valence-electron chi connectivity index (χ0n) is 25.2. The first-order chi connectivity index (χ1) is 20.0. The lowest BCUT2D eigenvalue weighted by Gasteiger charge is -2.21. The third-order valence-corrected chi connectivity index (χ3v) is 7.48. The van der Waals surface area contributed by atoms with Crippen LogP contribution in [0.4, 0.5) is 5.82 Å².